The Bertz CT molecular complexity index is 567. The number of nitrogens with zero attached hydrogens (tertiary/aromatic N) is 1. The van der Waals surface area contributed by atoms with Gasteiger partial charge in [0, 0.05) is 28.3 Å². The maximum Gasteiger partial charge on any atom is 0.0737 e. The summed E-state index contributed by atoms with van der Waals surface area (Å²) in [5.74, 6) is 0.750. The van der Waals surface area contributed by atoms with Crippen molar-refractivity contribution in [3.8, 4) is 0 Å². The summed E-state index contributed by atoms with van der Waals surface area (Å²) in [4.78, 5) is 4.37. The van der Waals surface area contributed by atoms with E-state index >= 15 is 0 Å². The number of nitrogens with one attached hydrogen (secondary N) is 1. The summed E-state index contributed by atoms with van der Waals surface area (Å²) >= 11 is 6.00. The number of hydrogen-bond donors (Lipinski definition) is 1. The highest BCUT2D eigenvalue weighted by molar-refractivity contribution is 6.31. The maximum atomic E-state index is 6.00. The van der Waals surface area contributed by atoms with E-state index in [0.717, 1.165) is 21.8 Å². The standard InChI is InChI=1S/C15H17ClN2/c1-10-3-2-4-13(10)18-14-7-8-17-15-9-11(16)5-6-12(14)15/h5-10,13H,2-4H2,1H3,(H,17,18). The quantitative estimate of drug-likeness (QED) is 0.861. The molecule has 1 saturated carbocycles. The zero-order valence-corrected chi connectivity index (χ0v) is 11.2. The summed E-state index contributed by atoms with van der Waals surface area (Å²) in [7, 11) is 0. The van der Waals surface area contributed by atoms with Gasteiger partial charge in [0.05, 0.1) is 5.52 Å². The van der Waals surface area contributed by atoms with Crippen LogP contribution in [0.5, 0.6) is 0 Å². The van der Waals surface area contributed by atoms with Gasteiger partial charge < -0.3 is 5.32 Å². The number of hydrogen-bond acceptors (Lipinski definition) is 2. The molecule has 3 rings (SSSR count). The molecule has 2 aromatic rings. The molecule has 1 aromatic carbocycles. The summed E-state index contributed by atoms with van der Waals surface area (Å²) in [6.07, 6.45) is 5.76. The molecule has 1 aliphatic carbocycles. The minimum atomic E-state index is 0.589. The minimum Gasteiger partial charge on any atom is -0.381 e. The number of pyridine rings is 1. The highest BCUT2D eigenvalue weighted by atomic mass is 35.5. The van der Waals surface area contributed by atoms with Crippen LogP contribution in [0.25, 0.3) is 10.9 Å². The third kappa shape index (κ3) is 2.17. The number of rotatable bonds is 2. The fraction of sp³-hybridized carbons (Fsp3) is 0.400. The molecule has 3 heteroatoms. The van der Waals surface area contributed by atoms with Crippen molar-refractivity contribution in [3.63, 3.8) is 0 Å². The topological polar surface area (TPSA) is 24.9 Å². The van der Waals surface area contributed by atoms with E-state index in [1.165, 1.54) is 24.9 Å². The molecule has 1 fully saturated rings. The van der Waals surface area contributed by atoms with Crippen LogP contribution in [0, 0.1) is 5.92 Å². The Morgan fingerprint density at radius 1 is 1.28 bits per heavy atom. The summed E-state index contributed by atoms with van der Waals surface area (Å²) in [5, 5.41) is 5.56. The second-order valence-electron chi connectivity index (χ2n) is 5.18. The number of halogens is 1. The average Bonchev–Trinajstić information content (AvgIpc) is 2.75. The van der Waals surface area contributed by atoms with E-state index in [0.29, 0.717) is 6.04 Å². The first-order chi connectivity index (χ1) is 8.74. The fourth-order valence-corrected chi connectivity index (χ4v) is 2.97. The molecular formula is C15H17ClN2. The van der Waals surface area contributed by atoms with Crippen molar-refractivity contribution >= 4 is 28.2 Å². The van der Waals surface area contributed by atoms with E-state index in [1.807, 2.05) is 24.4 Å². The first-order valence-electron chi connectivity index (χ1n) is 6.55. The van der Waals surface area contributed by atoms with Gasteiger partial charge in [0.1, 0.15) is 0 Å². The molecule has 1 N–H and O–H groups in total. The SMILES string of the molecule is CC1CCCC1Nc1ccnc2cc(Cl)ccc12. The van der Waals surface area contributed by atoms with Gasteiger partial charge in [0.2, 0.25) is 0 Å². The van der Waals surface area contributed by atoms with Crippen molar-refractivity contribution in [2.75, 3.05) is 5.32 Å². The van der Waals surface area contributed by atoms with Crippen LogP contribution < -0.4 is 5.32 Å². The fourth-order valence-electron chi connectivity index (χ4n) is 2.81. The van der Waals surface area contributed by atoms with Crippen LogP contribution >= 0.6 is 11.6 Å². The molecule has 18 heavy (non-hydrogen) atoms. The predicted molar refractivity (Wildman–Crippen MR) is 77.2 cm³/mol. The Labute approximate surface area is 112 Å². The Balaban J connectivity index is 1.96. The monoisotopic (exact) mass is 260 g/mol. The highest BCUT2D eigenvalue weighted by Crippen LogP contribution is 2.31. The van der Waals surface area contributed by atoms with E-state index < -0.39 is 0 Å². The number of fused-ring (bicyclic) bond motifs is 1. The van der Waals surface area contributed by atoms with Gasteiger partial charge in [0.25, 0.3) is 0 Å². The van der Waals surface area contributed by atoms with Crippen molar-refractivity contribution in [1.82, 2.24) is 4.98 Å². The van der Waals surface area contributed by atoms with Crippen molar-refractivity contribution in [2.24, 2.45) is 5.92 Å². The average molecular weight is 261 g/mol. The molecule has 1 aromatic heterocycles. The smallest absolute Gasteiger partial charge is 0.0737 e. The van der Waals surface area contributed by atoms with E-state index in [9.17, 15) is 0 Å². The van der Waals surface area contributed by atoms with Gasteiger partial charge in [-0.25, -0.2) is 0 Å². The van der Waals surface area contributed by atoms with Gasteiger partial charge >= 0.3 is 0 Å². The van der Waals surface area contributed by atoms with E-state index in [4.69, 9.17) is 11.6 Å². The van der Waals surface area contributed by atoms with Crippen LogP contribution in [0.2, 0.25) is 5.02 Å². The molecule has 1 aliphatic rings. The zero-order chi connectivity index (χ0) is 12.5. The second-order valence-corrected chi connectivity index (χ2v) is 5.62. The molecule has 0 spiro atoms. The summed E-state index contributed by atoms with van der Waals surface area (Å²) in [5.41, 5.74) is 2.13. The Morgan fingerprint density at radius 2 is 2.17 bits per heavy atom. The van der Waals surface area contributed by atoms with Gasteiger partial charge in [-0.3, -0.25) is 4.98 Å². The second kappa shape index (κ2) is 4.77. The molecule has 2 nitrogen and oxygen atoms in total. The lowest BCUT2D eigenvalue weighted by molar-refractivity contribution is 0.557. The third-order valence-electron chi connectivity index (χ3n) is 3.91. The molecule has 2 unspecified atom stereocenters. The minimum absolute atomic E-state index is 0.589. The van der Waals surface area contributed by atoms with Crippen LogP contribution in [-0.2, 0) is 0 Å². The van der Waals surface area contributed by atoms with Crippen molar-refractivity contribution in [3.05, 3.63) is 35.5 Å². The van der Waals surface area contributed by atoms with E-state index in [-0.39, 0.29) is 0 Å². The van der Waals surface area contributed by atoms with Crippen LogP contribution in [-0.4, -0.2) is 11.0 Å². The highest BCUT2D eigenvalue weighted by Gasteiger charge is 2.23. The predicted octanol–water partition coefficient (Wildman–Crippen LogP) is 4.49. The molecule has 0 aliphatic heterocycles. The number of benzene rings is 1. The first kappa shape index (κ1) is 11.8. The number of aromatic nitrogens is 1. The third-order valence-corrected chi connectivity index (χ3v) is 4.14. The van der Waals surface area contributed by atoms with Gasteiger partial charge in [-0.15, -0.1) is 0 Å². The number of anilines is 1. The van der Waals surface area contributed by atoms with Crippen LogP contribution in [0.15, 0.2) is 30.5 Å². The Kier molecular flexibility index (Phi) is 3.13. The molecule has 94 valence electrons. The van der Waals surface area contributed by atoms with Crippen molar-refractivity contribution in [1.29, 1.82) is 0 Å². The maximum absolute atomic E-state index is 6.00. The summed E-state index contributed by atoms with van der Waals surface area (Å²) < 4.78 is 0. The Morgan fingerprint density at radius 3 is 2.94 bits per heavy atom. The lowest BCUT2D eigenvalue weighted by Crippen LogP contribution is -2.21. The molecule has 0 radical (unpaired) electrons. The molecule has 0 bridgehead atoms. The summed E-state index contributed by atoms with van der Waals surface area (Å²) in [6.45, 7) is 2.32. The van der Waals surface area contributed by atoms with Gasteiger partial charge in [-0.05, 0) is 43.0 Å². The zero-order valence-electron chi connectivity index (χ0n) is 10.5. The van der Waals surface area contributed by atoms with Crippen molar-refractivity contribution in [2.45, 2.75) is 32.2 Å². The Hall–Kier alpha value is -1.28. The molecule has 0 saturated heterocycles. The molecular weight excluding hydrogens is 244 g/mol. The summed E-state index contributed by atoms with van der Waals surface area (Å²) in [6, 6.07) is 8.54. The van der Waals surface area contributed by atoms with Crippen LogP contribution in [0.3, 0.4) is 0 Å². The van der Waals surface area contributed by atoms with Gasteiger partial charge in [0.15, 0.2) is 0 Å². The normalized spacial score (nSPS) is 23.4. The lowest BCUT2D eigenvalue weighted by atomic mass is 10.1. The van der Waals surface area contributed by atoms with E-state index in [2.05, 4.69) is 23.3 Å². The molecule has 0 amide bonds. The largest absolute Gasteiger partial charge is 0.381 e. The molecule has 1 heterocycles. The van der Waals surface area contributed by atoms with Gasteiger partial charge in [-0.2, -0.15) is 0 Å². The lowest BCUT2D eigenvalue weighted by Gasteiger charge is -2.19. The van der Waals surface area contributed by atoms with Gasteiger partial charge in [-0.1, -0.05) is 24.9 Å². The van der Waals surface area contributed by atoms with E-state index in [1.54, 1.807) is 0 Å². The first-order valence-corrected chi connectivity index (χ1v) is 6.92. The molecule has 2 atom stereocenters. The van der Waals surface area contributed by atoms with Crippen LogP contribution in [0.1, 0.15) is 26.2 Å². The van der Waals surface area contributed by atoms with Crippen molar-refractivity contribution < 1.29 is 0 Å². The van der Waals surface area contributed by atoms with Crippen LogP contribution in [0.4, 0.5) is 5.69 Å².